The van der Waals surface area contributed by atoms with E-state index in [9.17, 15) is 4.79 Å². The van der Waals surface area contributed by atoms with Gasteiger partial charge in [0.1, 0.15) is 0 Å². The number of hydrogen-bond acceptors (Lipinski definition) is 3. The van der Waals surface area contributed by atoms with E-state index in [4.69, 9.17) is 4.74 Å². The van der Waals surface area contributed by atoms with Gasteiger partial charge in [-0.25, -0.2) is 4.79 Å². The summed E-state index contributed by atoms with van der Waals surface area (Å²) in [4.78, 5) is 13.9. The highest BCUT2D eigenvalue weighted by atomic mass is 79.9. The molecule has 0 unspecified atom stereocenters. The van der Waals surface area contributed by atoms with Crippen molar-refractivity contribution in [2.75, 3.05) is 25.1 Å². The highest BCUT2D eigenvalue weighted by molar-refractivity contribution is 9.10. The second-order valence-electron chi connectivity index (χ2n) is 4.24. The molecule has 0 aromatic heterocycles. The van der Waals surface area contributed by atoms with Gasteiger partial charge in [-0.2, -0.15) is 0 Å². The van der Waals surface area contributed by atoms with Gasteiger partial charge < -0.3 is 9.64 Å². The maximum atomic E-state index is 11.5. The lowest BCUT2D eigenvalue weighted by Gasteiger charge is -2.29. The molecular weight excluding hydrogens is 282 g/mol. The van der Waals surface area contributed by atoms with E-state index in [1.165, 1.54) is 26.4 Å². The Labute approximate surface area is 110 Å². The number of carbonyl (C=O) groups is 1. The van der Waals surface area contributed by atoms with Crippen molar-refractivity contribution >= 4 is 27.6 Å². The molecule has 92 valence electrons. The standard InChI is InChI=1S/C13H16BrNO2/c1-17-13(16)10-7-11(14)9-12(8-10)15-5-3-2-4-6-15/h7-9H,2-6H2,1H3. The number of benzene rings is 1. The maximum Gasteiger partial charge on any atom is 0.337 e. The first-order chi connectivity index (χ1) is 8.20. The molecule has 17 heavy (non-hydrogen) atoms. The zero-order valence-corrected chi connectivity index (χ0v) is 11.5. The van der Waals surface area contributed by atoms with Crippen LogP contribution in [0.5, 0.6) is 0 Å². The lowest BCUT2D eigenvalue weighted by Crippen LogP contribution is -2.29. The number of methoxy groups -OCH3 is 1. The summed E-state index contributed by atoms with van der Waals surface area (Å²) in [6.45, 7) is 2.13. The summed E-state index contributed by atoms with van der Waals surface area (Å²) in [5, 5.41) is 0. The van der Waals surface area contributed by atoms with Crippen molar-refractivity contribution < 1.29 is 9.53 Å². The van der Waals surface area contributed by atoms with E-state index in [2.05, 4.69) is 26.9 Å². The third kappa shape index (κ3) is 3.00. The number of piperidine rings is 1. The van der Waals surface area contributed by atoms with Crippen LogP contribution in [0.25, 0.3) is 0 Å². The van der Waals surface area contributed by atoms with Gasteiger partial charge in [-0.15, -0.1) is 0 Å². The maximum absolute atomic E-state index is 11.5. The van der Waals surface area contributed by atoms with Gasteiger partial charge in [0, 0.05) is 23.2 Å². The normalized spacial score (nSPS) is 15.8. The molecule has 1 saturated heterocycles. The average Bonchev–Trinajstić information content (AvgIpc) is 2.38. The van der Waals surface area contributed by atoms with Crippen LogP contribution in [-0.4, -0.2) is 26.2 Å². The van der Waals surface area contributed by atoms with Crippen LogP contribution in [0.2, 0.25) is 0 Å². The molecule has 1 fully saturated rings. The van der Waals surface area contributed by atoms with Gasteiger partial charge >= 0.3 is 5.97 Å². The van der Waals surface area contributed by atoms with E-state index >= 15 is 0 Å². The summed E-state index contributed by atoms with van der Waals surface area (Å²) in [7, 11) is 1.41. The third-order valence-electron chi connectivity index (χ3n) is 3.02. The van der Waals surface area contributed by atoms with E-state index < -0.39 is 0 Å². The van der Waals surface area contributed by atoms with Crippen LogP contribution in [0.1, 0.15) is 29.6 Å². The Bertz CT molecular complexity index is 414. The van der Waals surface area contributed by atoms with Crippen LogP contribution in [0.15, 0.2) is 22.7 Å². The van der Waals surface area contributed by atoms with Crippen LogP contribution >= 0.6 is 15.9 Å². The summed E-state index contributed by atoms with van der Waals surface area (Å²) in [6.07, 6.45) is 3.74. The molecule has 0 saturated carbocycles. The quantitative estimate of drug-likeness (QED) is 0.785. The molecule has 0 bridgehead atoms. The molecule has 1 aliphatic heterocycles. The Balaban J connectivity index is 2.27. The minimum atomic E-state index is -0.287. The Kier molecular flexibility index (Phi) is 4.05. The number of halogens is 1. The van der Waals surface area contributed by atoms with E-state index in [-0.39, 0.29) is 5.97 Å². The van der Waals surface area contributed by atoms with Crippen LogP contribution in [0, 0.1) is 0 Å². The molecule has 2 rings (SSSR count). The zero-order valence-electron chi connectivity index (χ0n) is 9.91. The molecule has 0 spiro atoms. The number of carbonyl (C=O) groups excluding carboxylic acids is 1. The topological polar surface area (TPSA) is 29.5 Å². The molecule has 0 amide bonds. The van der Waals surface area contributed by atoms with Gasteiger partial charge in [0.25, 0.3) is 0 Å². The molecule has 1 aliphatic rings. The van der Waals surface area contributed by atoms with Crippen molar-refractivity contribution in [3.8, 4) is 0 Å². The van der Waals surface area contributed by atoms with Crippen molar-refractivity contribution in [2.24, 2.45) is 0 Å². The third-order valence-corrected chi connectivity index (χ3v) is 3.48. The molecule has 3 nitrogen and oxygen atoms in total. The molecule has 1 heterocycles. The molecule has 1 aromatic carbocycles. The number of nitrogens with zero attached hydrogens (tertiary/aromatic N) is 1. The van der Waals surface area contributed by atoms with E-state index in [1.54, 1.807) is 6.07 Å². The molecule has 0 aliphatic carbocycles. The lowest BCUT2D eigenvalue weighted by atomic mass is 10.1. The second kappa shape index (κ2) is 5.54. The lowest BCUT2D eigenvalue weighted by molar-refractivity contribution is 0.0600. The van der Waals surface area contributed by atoms with E-state index in [0.717, 1.165) is 23.2 Å². The highest BCUT2D eigenvalue weighted by Gasteiger charge is 2.14. The van der Waals surface area contributed by atoms with Crippen LogP contribution in [-0.2, 0) is 4.74 Å². The number of hydrogen-bond donors (Lipinski definition) is 0. The Morgan fingerprint density at radius 1 is 1.24 bits per heavy atom. The summed E-state index contributed by atoms with van der Waals surface area (Å²) in [6, 6.07) is 5.75. The number of esters is 1. The average molecular weight is 298 g/mol. The smallest absolute Gasteiger partial charge is 0.337 e. The molecular formula is C13H16BrNO2. The number of anilines is 1. The fraction of sp³-hybridized carbons (Fsp3) is 0.462. The minimum Gasteiger partial charge on any atom is -0.465 e. The zero-order chi connectivity index (χ0) is 12.3. The van der Waals surface area contributed by atoms with E-state index in [0.29, 0.717) is 5.56 Å². The molecule has 0 N–H and O–H groups in total. The van der Waals surface area contributed by atoms with Crippen molar-refractivity contribution in [2.45, 2.75) is 19.3 Å². The first-order valence-electron chi connectivity index (χ1n) is 5.84. The molecule has 1 aromatic rings. The second-order valence-corrected chi connectivity index (χ2v) is 5.15. The fourth-order valence-corrected chi connectivity index (χ4v) is 2.63. The summed E-state index contributed by atoms with van der Waals surface area (Å²) in [5.74, 6) is -0.287. The van der Waals surface area contributed by atoms with Crippen molar-refractivity contribution in [3.63, 3.8) is 0 Å². The SMILES string of the molecule is COC(=O)c1cc(Br)cc(N2CCCCC2)c1. The van der Waals surface area contributed by atoms with Gasteiger partial charge in [0.15, 0.2) is 0 Å². The highest BCUT2D eigenvalue weighted by Crippen LogP contribution is 2.25. The summed E-state index contributed by atoms with van der Waals surface area (Å²) >= 11 is 3.44. The Morgan fingerprint density at radius 3 is 2.59 bits per heavy atom. The Morgan fingerprint density at radius 2 is 1.94 bits per heavy atom. The molecule has 0 radical (unpaired) electrons. The minimum absolute atomic E-state index is 0.287. The Hall–Kier alpha value is -1.03. The predicted molar refractivity (Wildman–Crippen MR) is 71.5 cm³/mol. The fourth-order valence-electron chi connectivity index (χ4n) is 2.14. The first-order valence-corrected chi connectivity index (χ1v) is 6.64. The van der Waals surface area contributed by atoms with Crippen molar-refractivity contribution in [1.29, 1.82) is 0 Å². The van der Waals surface area contributed by atoms with Crippen LogP contribution in [0.3, 0.4) is 0 Å². The van der Waals surface area contributed by atoms with Crippen molar-refractivity contribution in [1.82, 2.24) is 0 Å². The van der Waals surface area contributed by atoms with Crippen LogP contribution in [0.4, 0.5) is 5.69 Å². The van der Waals surface area contributed by atoms with Gasteiger partial charge in [0.2, 0.25) is 0 Å². The predicted octanol–water partition coefficient (Wildman–Crippen LogP) is 3.23. The van der Waals surface area contributed by atoms with Gasteiger partial charge in [-0.1, -0.05) is 15.9 Å². The number of rotatable bonds is 2. The van der Waals surface area contributed by atoms with Gasteiger partial charge in [-0.3, -0.25) is 0 Å². The van der Waals surface area contributed by atoms with Crippen molar-refractivity contribution in [3.05, 3.63) is 28.2 Å². The van der Waals surface area contributed by atoms with Gasteiger partial charge in [-0.05, 0) is 37.5 Å². The number of ether oxygens (including phenoxy) is 1. The molecule has 0 atom stereocenters. The monoisotopic (exact) mass is 297 g/mol. The van der Waals surface area contributed by atoms with E-state index in [1.807, 2.05) is 6.07 Å². The molecule has 4 heteroatoms. The summed E-state index contributed by atoms with van der Waals surface area (Å²) in [5.41, 5.74) is 1.70. The van der Waals surface area contributed by atoms with Crippen LogP contribution < -0.4 is 4.90 Å². The largest absolute Gasteiger partial charge is 0.465 e. The first kappa shape index (κ1) is 12.4. The summed E-state index contributed by atoms with van der Waals surface area (Å²) < 4.78 is 5.67. The van der Waals surface area contributed by atoms with Gasteiger partial charge in [0.05, 0.1) is 12.7 Å².